The van der Waals surface area contributed by atoms with Gasteiger partial charge in [-0.2, -0.15) is 0 Å². The molecule has 0 atom stereocenters. The molecule has 0 aliphatic heterocycles. The molecule has 4 rings (SSSR count). The van der Waals surface area contributed by atoms with Crippen LogP contribution in [0.1, 0.15) is 54.7 Å². The van der Waals surface area contributed by atoms with Crippen molar-refractivity contribution in [2.45, 2.75) is 33.1 Å². The molecule has 0 saturated carbocycles. The van der Waals surface area contributed by atoms with Crippen LogP contribution < -0.4 is 0 Å². The first-order valence-corrected chi connectivity index (χ1v) is 9.23. The van der Waals surface area contributed by atoms with Crippen LogP contribution in [0.3, 0.4) is 0 Å². The fraction of sp³-hybridized carbons (Fsp3) is 0.200. The van der Waals surface area contributed by atoms with Gasteiger partial charge >= 0.3 is 0 Å². The standard InChI is InChI=1S/C25H23NO/c1-15(2)17-12-13-20(25(3,4)5)21(14-17)26-23-18-10-6-8-16-9-7-11-19(22(16)18)24(23)27/h6-14H,1H2,2-5H3. The summed E-state index contributed by atoms with van der Waals surface area (Å²) in [5.41, 5.74) is 6.12. The van der Waals surface area contributed by atoms with Crippen molar-refractivity contribution in [3.05, 3.63) is 83.4 Å². The van der Waals surface area contributed by atoms with Gasteiger partial charge in [0.1, 0.15) is 5.71 Å². The minimum absolute atomic E-state index is 0.00221. The molecule has 0 fully saturated rings. The van der Waals surface area contributed by atoms with Gasteiger partial charge in [-0.1, -0.05) is 81.5 Å². The monoisotopic (exact) mass is 353 g/mol. The zero-order chi connectivity index (χ0) is 19.3. The number of carbonyl (C=O) groups excluding carboxylic acids is 1. The van der Waals surface area contributed by atoms with Crippen LogP contribution in [-0.4, -0.2) is 11.5 Å². The molecule has 0 amide bonds. The molecule has 0 N–H and O–H groups in total. The molecule has 0 spiro atoms. The molecule has 2 nitrogen and oxygen atoms in total. The summed E-state index contributed by atoms with van der Waals surface area (Å²) in [6.45, 7) is 12.5. The number of benzene rings is 3. The quantitative estimate of drug-likeness (QED) is 0.518. The van der Waals surface area contributed by atoms with Crippen LogP contribution in [0, 0.1) is 0 Å². The van der Waals surface area contributed by atoms with E-state index in [0.717, 1.165) is 44.3 Å². The second kappa shape index (κ2) is 6.02. The number of aliphatic imine (C=N–C) groups is 1. The predicted molar refractivity (Wildman–Crippen MR) is 114 cm³/mol. The Morgan fingerprint density at radius 1 is 0.963 bits per heavy atom. The van der Waals surface area contributed by atoms with Gasteiger partial charge in [0.2, 0.25) is 5.78 Å². The summed E-state index contributed by atoms with van der Waals surface area (Å²) in [6.07, 6.45) is 0. The fourth-order valence-corrected chi connectivity index (χ4v) is 3.73. The van der Waals surface area contributed by atoms with Crippen molar-refractivity contribution in [2.24, 2.45) is 4.99 Å². The number of rotatable bonds is 2. The highest BCUT2D eigenvalue weighted by Crippen LogP contribution is 2.37. The Kier molecular flexibility index (Phi) is 3.88. The lowest BCUT2D eigenvalue weighted by atomic mass is 9.84. The van der Waals surface area contributed by atoms with Gasteiger partial charge in [0, 0.05) is 16.5 Å². The maximum Gasteiger partial charge on any atom is 0.212 e. The minimum atomic E-state index is -0.0759. The molecule has 0 saturated heterocycles. The average Bonchev–Trinajstić information content (AvgIpc) is 2.89. The number of carbonyl (C=O) groups is 1. The van der Waals surface area contributed by atoms with Gasteiger partial charge in [-0.3, -0.25) is 4.79 Å². The highest BCUT2D eigenvalue weighted by Gasteiger charge is 2.29. The topological polar surface area (TPSA) is 29.4 Å². The smallest absolute Gasteiger partial charge is 0.212 e. The van der Waals surface area contributed by atoms with Gasteiger partial charge in [0.15, 0.2) is 0 Å². The Morgan fingerprint density at radius 2 is 1.63 bits per heavy atom. The largest absolute Gasteiger partial charge is 0.287 e. The summed E-state index contributed by atoms with van der Waals surface area (Å²) in [7, 11) is 0. The van der Waals surface area contributed by atoms with E-state index in [9.17, 15) is 4.79 Å². The molecule has 0 bridgehead atoms. The Balaban J connectivity index is 1.98. The van der Waals surface area contributed by atoms with E-state index >= 15 is 0 Å². The molecular weight excluding hydrogens is 330 g/mol. The summed E-state index contributed by atoms with van der Waals surface area (Å²) in [4.78, 5) is 18.0. The van der Waals surface area contributed by atoms with Crippen molar-refractivity contribution >= 4 is 33.5 Å². The highest BCUT2D eigenvalue weighted by molar-refractivity contribution is 6.59. The lowest BCUT2D eigenvalue weighted by molar-refractivity contribution is 0.107. The number of ketones is 1. The molecule has 27 heavy (non-hydrogen) atoms. The molecule has 3 aromatic carbocycles. The van der Waals surface area contributed by atoms with Crippen molar-refractivity contribution in [1.82, 2.24) is 0 Å². The number of nitrogens with zero attached hydrogens (tertiary/aromatic N) is 1. The fourth-order valence-electron chi connectivity index (χ4n) is 3.73. The first-order chi connectivity index (χ1) is 12.8. The third-order valence-corrected chi connectivity index (χ3v) is 5.15. The van der Waals surface area contributed by atoms with Crippen LogP contribution in [-0.2, 0) is 5.41 Å². The maximum absolute atomic E-state index is 13.1. The van der Waals surface area contributed by atoms with E-state index in [0.29, 0.717) is 5.71 Å². The summed E-state index contributed by atoms with van der Waals surface area (Å²) < 4.78 is 0. The molecule has 134 valence electrons. The number of Topliss-reactive ketones (excluding diaryl/α,β-unsaturated/α-hetero) is 1. The van der Waals surface area contributed by atoms with Crippen molar-refractivity contribution < 1.29 is 4.79 Å². The normalized spacial score (nSPS) is 15.0. The first-order valence-electron chi connectivity index (χ1n) is 9.23. The first kappa shape index (κ1) is 17.4. The summed E-state index contributed by atoms with van der Waals surface area (Å²) in [6, 6.07) is 18.1. The van der Waals surface area contributed by atoms with Gasteiger partial charge in [-0.15, -0.1) is 0 Å². The maximum atomic E-state index is 13.1. The third-order valence-electron chi connectivity index (χ3n) is 5.15. The van der Waals surface area contributed by atoms with Crippen LogP contribution in [0.2, 0.25) is 0 Å². The molecule has 0 aromatic heterocycles. The van der Waals surface area contributed by atoms with Crippen LogP contribution >= 0.6 is 0 Å². The van der Waals surface area contributed by atoms with Gasteiger partial charge in [-0.25, -0.2) is 4.99 Å². The summed E-state index contributed by atoms with van der Waals surface area (Å²) in [5.74, 6) is 0.00221. The van der Waals surface area contributed by atoms with Crippen molar-refractivity contribution in [2.75, 3.05) is 0 Å². The van der Waals surface area contributed by atoms with Gasteiger partial charge < -0.3 is 0 Å². The van der Waals surface area contributed by atoms with Crippen molar-refractivity contribution in [3.63, 3.8) is 0 Å². The molecule has 3 aromatic rings. The average molecular weight is 353 g/mol. The highest BCUT2D eigenvalue weighted by atomic mass is 16.1. The van der Waals surface area contributed by atoms with E-state index in [4.69, 9.17) is 4.99 Å². The van der Waals surface area contributed by atoms with Crippen molar-refractivity contribution in [3.8, 4) is 0 Å². The summed E-state index contributed by atoms with van der Waals surface area (Å²) >= 11 is 0. The van der Waals surface area contributed by atoms with Crippen molar-refractivity contribution in [1.29, 1.82) is 0 Å². The number of allylic oxidation sites excluding steroid dienone is 1. The Hall–Kier alpha value is -3.00. The summed E-state index contributed by atoms with van der Waals surface area (Å²) in [5, 5.41) is 2.09. The molecular formula is C25H23NO. The van der Waals surface area contributed by atoms with E-state index in [2.05, 4.69) is 39.5 Å². The van der Waals surface area contributed by atoms with E-state index in [-0.39, 0.29) is 11.2 Å². The molecule has 0 unspecified atom stereocenters. The van der Waals surface area contributed by atoms with E-state index in [1.807, 2.05) is 49.4 Å². The molecule has 2 heteroatoms. The number of hydrogen-bond acceptors (Lipinski definition) is 2. The zero-order valence-electron chi connectivity index (χ0n) is 16.3. The third kappa shape index (κ3) is 2.82. The Labute approximate surface area is 160 Å². The molecule has 0 heterocycles. The van der Waals surface area contributed by atoms with Gasteiger partial charge in [0.05, 0.1) is 5.69 Å². The lowest BCUT2D eigenvalue weighted by Gasteiger charge is -2.22. The molecule has 1 aliphatic rings. The predicted octanol–water partition coefficient (Wildman–Crippen LogP) is 6.49. The second-order valence-electron chi connectivity index (χ2n) is 8.26. The van der Waals surface area contributed by atoms with Gasteiger partial charge in [-0.05, 0) is 34.9 Å². The Morgan fingerprint density at radius 3 is 2.26 bits per heavy atom. The van der Waals surface area contributed by atoms with Gasteiger partial charge in [0.25, 0.3) is 0 Å². The van der Waals surface area contributed by atoms with E-state index < -0.39 is 0 Å². The SMILES string of the molecule is C=C(C)c1ccc(C(C)(C)C)c(N=C2C(=O)c3cccc4cccc2c34)c1. The van der Waals surface area contributed by atoms with E-state index in [1.165, 1.54) is 0 Å². The Bertz CT molecular complexity index is 1140. The van der Waals surface area contributed by atoms with Crippen LogP contribution in [0.15, 0.2) is 66.2 Å². The minimum Gasteiger partial charge on any atom is -0.287 e. The van der Waals surface area contributed by atoms with E-state index in [1.54, 1.807) is 0 Å². The molecule has 1 aliphatic carbocycles. The van der Waals surface area contributed by atoms with Crippen LogP contribution in [0.4, 0.5) is 5.69 Å². The lowest BCUT2D eigenvalue weighted by Crippen LogP contribution is -2.13. The van der Waals surface area contributed by atoms with Crippen LogP contribution in [0.5, 0.6) is 0 Å². The van der Waals surface area contributed by atoms with Crippen LogP contribution in [0.25, 0.3) is 16.3 Å². The zero-order valence-corrected chi connectivity index (χ0v) is 16.3. The molecule has 0 radical (unpaired) electrons. The number of hydrogen-bond donors (Lipinski definition) is 0. The second-order valence-corrected chi connectivity index (χ2v) is 8.26.